The van der Waals surface area contributed by atoms with E-state index in [1.165, 1.54) is 6.92 Å². The van der Waals surface area contributed by atoms with Gasteiger partial charge in [0.05, 0.1) is 17.1 Å². The van der Waals surface area contributed by atoms with E-state index in [1.807, 2.05) is 0 Å². The van der Waals surface area contributed by atoms with Gasteiger partial charge in [0.25, 0.3) is 0 Å². The zero-order valence-corrected chi connectivity index (χ0v) is 10.6. The number of rotatable bonds is 2. The SMILES string of the molecule is Cc1cc(F)c(C(=O)C2CCS(=O)(=O)C2)cc1F. The molecule has 0 amide bonds. The van der Waals surface area contributed by atoms with Crippen LogP contribution in [-0.2, 0) is 9.84 Å². The van der Waals surface area contributed by atoms with E-state index in [2.05, 4.69) is 0 Å². The summed E-state index contributed by atoms with van der Waals surface area (Å²) in [5.74, 6) is -3.21. The van der Waals surface area contributed by atoms with Crippen LogP contribution in [0.4, 0.5) is 8.78 Å². The Bertz CT molecular complexity index is 608. The second kappa shape index (κ2) is 4.42. The van der Waals surface area contributed by atoms with Crippen LogP contribution in [0.5, 0.6) is 0 Å². The molecule has 18 heavy (non-hydrogen) atoms. The van der Waals surface area contributed by atoms with E-state index in [1.54, 1.807) is 0 Å². The lowest BCUT2D eigenvalue weighted by Gasteiger charge is -2.08. The molecule has 2 rings (SSSR count). The summed E-state index contributed by atoms with van der Waals surface area (Å²) in [7, 11) is -3.22. The molecule has 6 heteroatoms. The van der Waals surface area contributed by atoms with Crippen LogP contribution in [0.15, 0.2) is 12.1 Å². The quantitative estimate of drug-likeness (QED) is 0.774. The topological polar surface area (TPSA) is 51.2 Å². The Morgan fingerprint density at radius 1 is 1.28 bits per heavy atom. The third-order valence-corrected chi connectivity index (χ3v) is 4.88. The maximum Gasteiger partial charge on any atom is 0.170 e. The van der Waals surface area contributed by atoms with E-state index >= 15 is 0 Å². The molecule has 1 heterocycles. The highest BCUT2D eigenvalue weighted by atomic mass is 32.2. The lowest BCUT2D eigenvalue weighted by molar-refractivity contribution is 0.0928. The predicted molar refractivity (Wildman–Crippen MR) is 62.2 cm³/mol. The van der Waals surface area contributed by atoms with Crippen molar-refractivity contribution in [3.63, 3.8) is 0 Å². The van der Waals surface area contributed by atoms with Gasteiger partial charge in [-0.3, -0.25) is 4.79 Å². The predicted octanol–water partition coefficient (Wildman–Crippen LogP) is 1.89. The Morgan fingerprint density at radius 2 is 1.94 bits per heavy atom. The zero-order valence-electron chi connectivity index (χ0n) is 9.74. The Balaban J connectivity index is 2.33. The summed E-state index contributed by atoms with van der Waals surface area (Å²) in [4.78, 5) is 11.9. The molecule has 0 bridgehead atoms. The van der Waals surface area contributed by atoms with Crippen LogP contribution in [0.25, 0.3) is 0 Å². The van der Waals surface area contributed by atoms with Crippen LogP contribution < -0.4 is 0 Å². The fourth-order valence-electron chi connectivity index (χ4n) is 2.06. The van der Waals surface area contributed by atoms with Gasteiger partial charge in [-0.15, -0.1) is 0 Å². The van der Waals surface area contributed by atoms with Crippen molar-refractivity contribution >= 4 is 15.6 Å². The van der Waals surface area contributed by atoms with E-state index < -0.39 is 33.2 Å². The number of halogens is 2. The average Bonchev–Trinajstić information content (AvgIpc) is 2.63. The largest absolute Gasteiger partial charge is 0.294 e. The molecule has 0 aliphatic carbocycles. The number of benzene rings is 1. The Kier molecular flexibility index (Phi) is 3.23. The van der Waals surface area contributed by atoms with Crippen molar-refractivity contribution in [3.05, 3.63) is 34.9 Å². The van der Waals surface area contributed by atoms with Gasteiger partial charge in [-0.1, -0.05) is 0 Å². The van der Waals surface area contributed by atoms with Crippen molar-refractivity contribution in [1.29, 1.82) is 0 Å². The molecule has 98 valence electrons. The number of carbonyl (C=O) groups is 1. The van der Waals surface area contributed by atoms with Crippen LogP contribution in [0, 0.1) is 24.5 Å². The van der Waals surface area contributed by atoms with Crippen molar-refractivity contribution in [3.8, 4) is 0 Å². The second-order valence-corrected chi connectivity index (χ2v) is 6.77. The molecule has 1 aromatic rings. The van der Waals surface area contributed by atoms with Gasteiger partial charge in [-0.25, -0.2) is 17.2 Å². The third kappa shape index (κ3) is 2.43. The number of hydrogen-bond donors (Lipinski definition) is 0. The van der Waals surface area contributed by atoms with Gasteiger partial charge in [0.1, 0.15) is 11.6 Å². The summed E-state index contributed by atoms with van der Waals surface area (Å²) in [6, 6.07) is 1.80. The summed E-state index contributed by atoms with van der Waals surface area (Å²) in [5.41, 5.74) is -0.247. The molecule has 0 saturated carbocycles. The lowest BCUT2D eigenvalue weighted by atomic mass is 9.96. The molecule has 1 aliphatic rings. The van der Waals surface area contributed by atoms with E-state index in [0.717, 1.165) is 12.1 Å². The summed E-state index contributed by atoms with van der Waals surface area (Å²) in [6.45, 7) is 1.40. The van der Waals surface area contributed by atoms with Gasteiger partial charge in [-0.05, 0) is 31.0 Å². The number of aryl methyl sites for hydroxylation is 1. The monoisotopic (exact) mass is 274 g/mol. The third-order valence-electron chi connectivity index (χ3n) is 3.12. The van der Waals surface area contributed by atoms with Crippen molar-refractivity contribution in [2.75, 3.05) is 11.5 Å². The summed E-state index contributed by atoms with van der Waals surface area (Å²) >= 11 is 0. The molecule has 0 N–H and O–H groups in total. The van der Waals surface area contributed by atoms with Crippen LogP contribution in [0.3, 0.4) is 0 Å². The van der Waals surface area contributed by atoms with Gasteiger partial charge in [-0.2, -0.15) is 0 Å². The molecule has 0 radical (unpaired) electrons. The Morgan fingerprint density at radius 3 is 2.50 bits per heavy atom. The zero-order chi connectivity index (χ0) is 13.5. The van der Waals surface area contributed by atoms with E-state index in [0.29, 0.717) is 0 Å². The molecule has 0 spiro atoms. The summed E-state index contributed by atoms with van der Waals surface area (Å²) in [6.07, 6.45) is 0.177. The number of ketones is 1. The number of sulfone groups is 1. The highest BCUT2D eigenvalue weighted by Crippen LogP contribution is 2.25. The number of hydrogen-bond acceptors (Lipinski definition) is 3. The van der Waals surface area contributed by atoms with Crippen LogP contribution in [-0.4, -0.2) is 25.7 Å². The maximum atomic E-state index is 13.6. The lowest BCUT2D eigenvalue weighted by Crippen LogP contribution is -2.18. The highest BCUT2D eigenvalue weighted by Gasteiger charge is 2.34. The standard InChI is InChI=1S/C12H12F2O3S/c1-7-4-11(14)9(5-10(7)13)12(15)8-2-3-18(16,17)6-8/h4-5,8H,2-3,6H2,1H3. The van der Waals surface area contributed by atoms with Crippen molar-refractivity contribution in [2.45, 2.75) is 13.3 Å². The van der Waals surface area contributed by atoms with Crippen molar-refractivity contribution in [2.24, 2.45) is 5.92 Å². The first-order chi connectivity index (χ1) is 8.30. The Hall–Kier alpha value is -1.30. The van der Waals surface area contributed by atoms with Gasteiger partial charge >= 0.3 is 0 Å². The number of carbonyl (C=O) groups excluding carboxylic acids is 1. The number of Topliss-reactive ketones (excluding diaryl/α,β-unsaturated/α-hetero) is 1. The van der Waals surface area contributed by atoms with Crippen molar-refractivity contribution < 1.29 is 22.0 Å². The molecule has 3 nitrogen and oxygen atoms in total. The van der Waals surface area contributed by atoms with Crippen molar-refractivity contribution in [1.82, 2.24) is 0 Å². The fraction of sp³-hybridized carbons (Fsp3) is 0.417. The molecule has 1 atom stereocenters. The fourth-order valence-corrected chi connectivity index (χ4v) is 3.80. The van der Waals surface area contributed by atoms with E-state index in [-0.39, 0.29) is 29.1 Å². The van der Waals surface area contributed by atoms with E-state index in [9.17, 15) is 22.0 Å². The molecule has 1 unspecified atom stereocenters. The smallest absolute Gasteiger partial charge is 0.170 e. The van der Waals surface area contributed by atoms with Gasteiger partial charge < -0.3 is 0 Å². The first-order valence-corrected chi connectivity index (χ1v) is 7.32. The molecule has 1 aromatic carbocycles. The highest BCUT2D eigenvalue weighted by molar-refractivity contribution is 7.91. The molecule has 1 fully saturated rings. The maximum absolute atomic E-state index is 13.6. The molecule has 1 aliphatic heterocycles. The van der Waals surface area contributed by atoms with E-state index in [4.69, 9.17) is 0 Å². The molecular formula is C12H12F2O3S. The average molecular weight is 274 g/mol. The van der Waals surface area contributed by atoms with Crippen LogP contribution in [0.1, 0.15) is 22.3 Å². The first-order valence-electron chi connectivity index (χ1n) is 5.50. The normalized spacial score (nSPS) is 22.1. The van der Waals surface area contributed by atoms with Crippen LogP contribution >= 0.6 is 0 Å². The summed E-state index contributed by atoms with van der Waals surface area (Å²) < 4.78 is 49.4. The van der Waals surface area contributed by atoms with Gasteiger partial charge in [0.15, 0.2) is 15.6 Å². The minimum absolute atomic E-state index is 0.0701. The summed E-state index contributed by atoms with van der Waals surface area (Å²) in [5, 5.41) is 0. The van der Waals surface area contributed by atoms with Crippen LogP contribution in [0.2, 0.25) is 0 Å². The molecule has 0 aromatic heterocycles. The van der Waals surface area contributed by atoms with Gasteiger partial charge in [0, 0.05) is 5.92 Å². The minimum Gasteiger partial charge on any atom is -0.294 e. The second-order valence-electron chi connectivity index (χ2n) is 4.55. The first kappa shape index (κ1) is 13.1. The molecule has 1 saturated heterocycles. The minimum atomic E-state index is -3.22. The Labute approximate surface area is 104 Å². The van der Waals surface area contributed by atoms with Gasteiger partial charge in [0.2, 0.25) is 0 Å². The molecular weight excluding hydrogens is 262 g/mol.